The average Bonchev–Trinajstić information content (AvgIpc) is 2.86. The maximum Gasteiger partial charge on any atom is 0.293 e. The lowest BCUT2D eigenvalue weighted by Crippen LogP contribution is -2.29. The number of nitrogens with two attached hydrogens (primary N) is 1. The van der Waals surface area contributed by atoms with Crippen LogP contribution in [0, 0.1) is 3.57 Å². The van der Waals surface area contributed by atoms with E-state index in [0.717, 1.165) is 40.5 Å². The van der Waals surface area contributed by atoms with Crippen molar-refractivity contribution in [3.05, 3.63) is 16.1 Å². The Hall–Kier alpha value is -1.42. The molecule has 2 aromatic rings. The fraction of sp³-hybridized carbons (Fsp3) is 0.562. The number of piperidine rings is 1. The van der Waals surface area contributed by atoms with Crippen LogP contribution in [0.15, 0.2) is 12.5 Å². The molecular formula is C16H24IN5O2. The molecule has 1 saturated heterocycles. The van der Waals surface area contributed by atoms with Crippen LogP contribution in [-0.4, -0.2) is 39.7 Å². The Morgan fingerprint density at radius 3 is 2.58 bits per heavy atom. The van der Waals surface area contributed by atoms with Gasteiger partial charge in [-0.3, -0.25) is 4.79 Å². The standard InChI is InChI=1S/C11H14IN5.C5H10O2/c12-8-5-17(7-1-3-14-4-2-7)11-9(8)10(13)15-6-16-11;1-5(2,3)7-4-6/h5-7,14H,1-4H2,(H2,13,15,16);4H,1-3H3. The summed E-state index contributed by atoms with van der Waals surface area (Å²) < 4.78 is 7.94. The van der Waals surface area contributed by atoms with Crippen LogP contribution in [0.2, 0.25) is 0 Å². The van der Waals surface area contributed by atoms with E-state index in [-0.39, 0.29) is 5.60 Å². The number of halogens is 1. The Morgan fingerprint density at radius 1 is 1.38 bits per heavy atom. The maximum absolute atomic E-state index is 9.60. The summed E-state index contributed by atoms with van der Waals surface area (Å²) in [5.74, 6) is 0.576. The van der Waals surface area contributed by atoms with E-state index in [0.29, 0.717) is 18.3 Å². The zero-order chi connectivity index (χ0) is 17.7. The SMILES string of the molecule is CC(C)(C)OC=O.Nc1ncnc2c1c(I)cn2C1CCNCC1. The van der Waals surface area contributed by atoms with E-state index in [2.05, 4.69) is 53.4 Å². The molecule has 0 saturated carbocycles. The highest BCUT2D eigenvalue weighted by molar-refractivity contribution is 14.1. The summed E-state index contributed by atoms with van der Waals surface area (Å²) in [6.45, 7) is 8.06. The number of anilines is 1. The Bertz CT molecular complexity index is 690. The van der Waals surface area contributed by atoms with Gasteiger partial charge in [0, 0.05) is 15.8 Å². The predicted octanol–water partition coefficient (Wildman–Crippen LogP) is 2.50. The summed E-state index contributed by atoms with van der Waals surface area (Å²) in [6, 6.07) is 0.525. The lowest BCUT2D eigenvalue weighted by molar-refractivity contribution is -0.138. The minimum absolute atomic E-state index is 0.318. The van der Waals surface area contributed by atoms with E-state index < -0.39 is 0 Å². The van der Waals surface area contributed by atoms with Gasteiger partial charge >= 0.3 is 0 Å². The molecule has 3 rings (SSSR count). The van der Waals surface area contributed by atoms with Gasteiger partial charge in [0.1, 0.15) is 23.4 Å². The molecule has 0 bridgehead atoms. The van der Waals surface area contributed by atoms with Gasteiger partial charge in [-0.2, -0.15) is 0 Å². The lowest BCUT2D eigenvalue weighted by atomic mass is 10.1. The van der Waals surface area contributed by atoms with Gasteiger partial charge < -0.3 is 20.4 Å². The van der Waals surface area contributed by atoms with Gasteiger partial charge in [0.2, 0.25) is 0 Å². The van der Waals surface area contributed by atoms with Crippen molar-refractivity contribution in [2.24, 2.45) is 0 Å². The highest BCUT2D eigenvalue weighted by atomic mass is 127. The topological polar surface area (TPSA) is 95.1 Å². The molecule has 3 N–H and O–H groups in total. The molecule has 24 heavy (non-hydrogen) atoms. The molecule has 0 atom stereocenters. The second kappa shape index (κ2) is 8.11. The summed E-state index contributed by atoms with van der Waals surface area (Å²) in [4.78, 5) is 18.0. The van der Waals surface area contributed by atoms with E-state index in [1.807, 2.05) is 20.8 Å². The van der Waals surface area contributed by atoms with Crippen LogP contribution in [0.5, 0.6) is 0 Å². The first kappa shape index (κ1) is 18.9. The molecule has 2 aromatic heterocycles. The smallest absolute Gasteiger partial charge is 0.293 e. The van der Waals surface area contributed by atoms with Crippen molar-refractivity contribution in [3.63, 3.8) is 0 Å². The zero-order valence-electron chi connectivity index (χ0n) is 14.3. The third-order valence-corrected chi connectivity index (χ3v) is 4.51. The molecule has 132 valence electrons. The number of nitrogen functional groups attached to an aromatic ring is 1. The van der Waals surface area contributed by atoms with Gasteiger partial charge in [-0.25, -0.2) is 9.97 Å². The van der Waals surface area contributed by atoms with E-state index in [9.17, 15) is 4.79 Å². The molecular weight excluding hydrogens is 421 g/mol. The maximum atomic E-state index is 9.60. The summed E-state index contributed by atoms with van der Waals surface area (Å²) in [7, 11) is 0. The first-order chi connectivity index (χ1) is 11.3. The molecule has 1 aliphatic rings. The molecule has 8 heteroatoms. The lowest BCUT2D eigenvalue weighted by Gasteiger charge is -2.24. The molecule has 1 fully saturated rings. The van der Waals surface area contributed by atoms with Gasteiger partial charge in [-0.15, -0.1) is 0 Å². The van der Waals surface area contributed by atoms with E-state index >= 15 is 0 Å². The minimum atomic E-state index is -0.318. The summed E-state index contributed by atoms with van der Waals surface area (Å²) in [6.07, 6.45) is 5.98. The van der Waals surface area contributed by atoms with Gasteiger partial charge in [0.25, 0.3) is 6.47 Å². The van der Waals surface area contributed by atoms with E-state index in [4.69, 9.17) is 5.73 Å². The molecule has 0 aliphatic carbocycles. The average molecular weight is 445 g/mol. The second-order valence-corrected chi connectivity index (χ2v) is 7.81. The number of nitrogens with zero attached hydrogens (tertiary/aromatic N) is 3. The molecule has 0 spiro atoms. The number of hydrogen-bond acceptors (Lipinski definition) is 6. The quantitative estimate of drug-likeness (QED) is 0.545. The number of hydrogen-bond donors (Lipinski definition) is 2. The molecule has 7 nitrogen and oxygen atoms in total. The van der Waals surface area contributed by atoms with Crippen molar-refractivity contribution >= 4 is 45.9 Å². The molecule has 3 heterocycles. The second-order valence-electron chi connectivity index (χ2n) is 6.65. The van der Waals surface area contributed by atoms with Crippen LogP contribution in [-0.2, 0) is 9.53 Å². The Morgan fingerprint density at radius 2 is 2.04 bits per heavy atom. The van der Waals surface area contributed by atoms with Crippen molar-refractivity contribution in [3.8, 4) is 0 Å². The van der Waals surface area contributed by atoms with Crippen molar-refractivity contribution in [2.75, 3.05) is 18.8 Å². The van der Waals surface area contributed by atoms with Crippen molar-refractivity contribution in [1.29, 1.82) is 0 Å². The van der Waals surface area contributed by atoms with Crippen LogP contribution in [0.3, 0.4) is 0 Å². The number of rotatable bonds is 2. The van der Waals surface area contributed by atoms with Crippen LogP contribution >= 0.6 is 22.6 Å². The number of carbonyl (C=O) groups is 1. The normalized spacial score (nSPS) is 15.7. The third kappa shape index (κ3) is 4.79. The Balaban J connectivity index is 0.000000256. The number of nitrogens with one attached hydrogen (secondary N) is 1. The zero-order valence-corrected chi connectivity index (χ0v) is 16.4. The fourth-order valence-electron chi connectivity index (χ4n) is 2.57. The largest absolute Gasteiger partial charge is 0.462 e. The summed E-state index contributed by atoms with van der Waals surface area (Å²) in [5.41, 5.74) is 6.57. The van der Waals surface area contributed by atoms with Crippen molar-refractivity contribution < 1.29 is 9.53 Å². The highest BCUT2D eigenvalue weighted by Gasteiger charge is 2.20. The molecule has 1 aliphatic heterocycles. The van der Waals surface area contributed by atoms with Gasteiger partial charge in [0.15, 0.2) is 0 Å². The fourth-order valence-corrected chi connectivity index (χ4v) is 3.39. The number of fused-ring (bicyclic) bond motifs is 1. The number of aromatic nitrogens is 3. The molecule has 0 radical (unpaired) electrons. The summed E-state index contributed by atoms with van der Waals surface area (Å²) >= 11 is 2.30. The highest BCUT2D eigenvalue weighted by Crippen LogP contribution is 2.30. The number of carbonyl (C=O) groups excluding carboxylic acids is 1. The molecule has 0 amide bonds. The van der Waals surface area contributed by atoms with Gasteiger partial charge in [-0.05, 0) is 69.3 Å². The van der Waals surface area contributed by atoms with E-state index in [1.54, 1.807) is 6.33 Å². The van der Waals surface area contributed by atoms with Crippen LogP contribution < -0.4 is 11.1 Å². The van der Waals surface area contributed by atoms with Crippen molar-refractivity contribution in [2.45, 2.75) is 45.3 Å². The molecule has 0 aromatic carbocycles. The van der Waals surface area contributed by atoms with Gasteiger partial charge in [0.05, 0.1) is 5.39 Å². The van der Waals surface area contributed by atoms with Crippen molar-refractivity contribution in [1.82, 2.24) is 19.9 Å². The molecule has 0 unspecified atom stereocenters. The Labute approximate surface area is 155 Å². The van der Waals surface area contributed by atoms with E-state index in [1.165, 1.54) is 0 Å². The number of ether oxygens (including phenoxy) is 1. The minimum Gasteiger partial charge on any atom is -0.462 e. The first-order valence-electron chi connectivity index (χ1n) is 7.92. The summed E-state index contributed by atoms with van der Waals surface area (Å²) in [5, 5.41) is 4.37. The monoisotopic (exact) mass is 445 g/mol. The van der Waals surface area contributed by atoms with Crippen LogP contribution in [0.4, 0.5) is 5.82 Å². The predicted molar refractivity (Wildman–Crippen MR) is 103 cm³/mol. The van der Waals surface area contributed by atoms with Crippen LogP contribution in [0.1, 0.15) is 39.7 Å². The van der Waals surface area contributed by atoms with Gasteiger partial charge in [-0.1, -0.05) is 0 Å². The third-order valence-electron chi connectivity index (χ3n) is 3.70. The van der Waals surface area contributed by atoms with Crippen LogP contribution in [0.25, 0.3) is 11.0 Å². The Kier molecular flexibility index (Phi) is 6.39. The first-order valence-corrected chi connectivity index (χ1v) is 9.00.